The molecule has 2 aliphatic carbocycles. The SMILES string of the molecule is CC1=CC=C(CCC2=CCC(C)(CCCN3CCCC3)C=C2)CC1. The van der Waals surface area contributed by atoms with Gasteiger partial charge in [-0.15, -0.1) is 0 Å². The first-order valence-corrected chi connectivity index (χ1v) is 10.1. The van der Waals surface area contributed by atoms with Crippen molar-refractivity contribution in [3.63, 3.8) is 0 Å². The van der Waals surface area contributed by atoms with Crippen LogP contribution in [0.3, 0.4) is 0 Å². The van der Waals surface area contributed by atoms with Crippen molar-refractivity contribution in [2.75, 3.05) is 19.6 Å². The molecule has 1 saturated heterocycles. The Bertz CT molecular complexity index is 542. The molecule has 1 heterocycles. The van der Waals surface area contributed by atoms with Crippen LogP contribution in [0.2, 0.25) is 0 Å². The van der Waals surface area contributed by atoms with Crippen LogP contribution in [-0.4, -0.2) is 24.5 Å². The standard InChI is InChI=1S/C23H35N/c1-20-6-8-21(9-7-20)10-11-22-12-15-23(2,16-13-22)14-5-19-24-17-3-4-18-24/h6,8,12-13,15H,3-5,7,9-11,14,16-19H2,1-2H3. The fourth-order valence-electron chi connectivity index (χ4n) is 4.19. The number of likely N-dealkylation sites (tertiary alicyclic amines) is 1. The van der Waals surface area contributed by atoms with Crippen molar-refractivity contribution in [2.24, 2.45) is 5.41 Å². The van der Waals surface area contributed by atoms with Gasteiger partial charge in [0.15, 0.2) is 0 Å². The first kappa shape index (κ1) is 17.7. The molecule has 132 valence electrons. The summed E-state index contributed by atoms with van der Waals surface area (Å²) >= 11 is 0. The van der Waals surface area contributed by atoms with Gasteiger partial charge in [-0.05, 0) is 89.8 Å². The lowest BCUT2D eigenvalue weighted by Gasteiger charge is -2.29. The third-order valence-corrected chi connectivity index (χ3v) is 6.13. The summed E-state index contributed by atoms with van der Waals surface area (Å²) in [5, 5.41) is 0. The molecule has 1 heteroatoms. The largest absolute Gasteiger partial charge is 0.303 e. The van der Waals surface area contributed by atoms with Crippen molar-refractivity contribution in [1.82, 2.24) is 4.90 Å². The van der Waals surface area contributed by atoms with Crippen molar-refractivity contribution < 1.29 is 0 Å². The first-order valence-electron chi connectivity index (χ1n) is 10.1. The summed E-state index contributed by atoms with van der Waals surface area (Å²) in [5.74, 6) is 0. The fraction of sp³-hybridized carbons (Fsp3) is 0.652. The molecular weight excluding hydrogens is 290 g/mol. The molecule has 0 radical (unpaired) electrons. The summed E-state index contributed by atoms with van der Waals surface area (Å²) in [6, 6.07) is 0. The van der Waals surface area contributed by atoms with Crippen molar-refractivity contribution >= 4 is 0 Å². The molecular formula is C23H35N. The summed E-state index contributed by atoms with van der Waals surface area (Å²) in [4.78, 5) is 2.64. The van der Waals surface area contributed by atoms with Gasteiger partial charge in [-0.25, -0.2) is 0 Å². The molecule has 3 rings (SSSR count). The zero-order valence-corrected chi connectivity index (χ0v) is 15.8. The summed E-state index contributed by atoms with van der Waals surface area (Å²) < 4.78 is 0. The van der Waals surface area contributed by atoms with Gasteiger partial charge in [-0.1, -0.05) is 54.0 Å². The Labute approximate surface area is 149 Å². The minimum atomic E-state index is 0.396. The molecule has 0 N–H and O–H groups in total. The highest BCUT2D eigenvalue weighted by atomic mass is 15.1. The molecule has 0 aromatic rings. The highest BCUT2D eigenvalue weighted by molar-refractivity contribution is 5.29. The Balaban J connectivity index is 1.39. The van der Waals surface area contributed by atoms with Crippen LogP contribution in [0.5, 0.6) is 0 Å². The highest BCUT2D eigenvalue weighted by Gasteiger charge is 2.23. The molecule has 1 atom stereocenters. The molecule has 0 amide bonds. The van der Waals surface area contributed by atoms with Crippen LogP contribution in [0.25, 0.3) is 0 Å². The van der Waals surface area contributed by atoms with E-state index in [1.165, 1.54) is 83.0 Å². The van der Waals surface area contributed by atoms with Gasteiger partial charge >= 0.3 is 0 Å². The van der Waals surface area contributed by atoms with Crippen LogP contribution >= 0.6 is 0 Å². The van der Waals surface area contributed by atoms with E-state index in [9.17, 15) is 0 Å². The number of nitrogens with zero attached hydrogens (tertiary/aromatic N) is 1. The number of allylic oxidation sites excluding steroid dienone is 8. The smallest absolute Gasteiger partial charge is 0.00183 e. The van der Waals surface area contributed by atoms with Crippen molar-refractivity contribution in [3.8, 4) is 0 Å². The van der Waals surface area contributed by atoms with Crippen LogP contribution in [0, 0.1) is 5.41 Å². The number of hydrogen-bond donors (Lipinski definition) is 0. The lowest BCUT2D eigenvalue weighted by Crippen LogP contribution is -2.23. The Kier molecular flexibility index (Phi) is 6.16. The molecule has 3 aliphatic rings. The molecule has 0 aromatic carbocycles. The molecule has 0 spiro atoms. The van der Waals surface area contributed by atoms with E-state index in [-0.39, 0.29) is 0 Å². The molecule has 1 unspecified atom stereocenters. The van der Waals surface area contributed by atoms with Crippen LogP contribution in [-0.2, 0) is 0 Å². The summed E-state index contributed by atoms with van der Waals surface area (Å²) in [5.41, 5.74) is 5.11. The van der Waals surface area contributed by atoms with Gasteiger partial charge in [-0.2, -0.15) is 0 Å². The van der Waals surface area contributed by atoms with E-state index in [1.807, 2.05) is 0 Å². The molecule has 0 aromatic heterocycles. The van der Waals surface area contributed by atoms with Gasteiger partial charge in [0, 0.05) is 0 Å². The Hall–Kier alpha value is -1.08. The van der Waals surface area contributed by atoms with Crippen LogP contribution < -0.4 is 0 Å². The predicted octanol–water partition coefficient (Wildman–Crippen LogP) is 6.20. The van der Waals surface area contributed by atoms with E-state index < -0.39 is 0 Å². The minimum Gasteiger partial charge on any atom is -0.303 e. The van der Waals surface area contributed by atoms with Crippen molar-refractivity contribution in [2.45, 2.75) is 71.6 Å². The monoisotopic (exact) mass is 325 g/mol. The zero-order valence-electron chi connectivity index (χ0n) is 15.8. The van der Waals surface area contributed by atoms with E-state index >= 15 is 0 Å². The predicted molar refractivity (Wildman–Crippen MR) is 105 cm³/mol. The summed E-state index contributed by atoms with van der Waals surface area (Å²) in [7, 11) is 0. The third-order valence-electron chi connectivity index (χ3n) is 6.13. The lowest BCUT2D eigenvalue weighted by molar-refractivity contribution is 0.294. The average Bonchev–Trinajstić information content (AvgIpc) is 3.09. The third kappa shape index (κ3) is 5.21. The topological polar surface area (TPSA) is 3.24 Å². The molecule has 1 aliphatic heterocycles. The van der Waals surface area contributed by atoms with Crippen LogP contribution in [0.1, 0.15) is 71.6 Å². The van der Waals surface area contributed by atoms with E-state index in [0.717, 1.165) is 0 Å². The molecule has 1 nitrogen and oxygen atoms in total. The summed E-state index contributed by atoms with van der Waals surface area (Å²) in [6.45, 7) is 8.66. The lowest BCUT2D eigenvalue weighted by atomic mass is 9.77. The van der Waals surface area contributed by atoms with Gasteiger partial charge in [0.2, 0.25) is 0 Å². The Morgan fingerprint density at radius 1 is 1.08 bits per heavy atom. The molecule has 0 bridgehead atoms. The van der Waals surface area contributed by atoms with Crippen molar-refractivity contribution in [1.29, 1.82) is 0 Å². The van der Waals surface area contributed by atoms with E-state index in [1.54, 1.807) is 11.1 Å². The highest BCUT2D eigenvalue weighted by Crippen LogP contribution is 2.35. The zero-order chi connectivity index (χ0) is 16.8. The molecule has 1 fully saturated rings. The molecule has 0 saturated carbocycles. The quantitative estimate of drug-likeness (QED) is 0.538. The normalized spacial score (nSPS) is 27.8. The van der Waals surface area contributed by atoms with E-state index in [0.29, 0.717) is 5.41 Å². The van der Waals surface area contributed by atoms with E-state index in [2.05, 4.69) is 49.1 Å². The van der Waals surface area contributed by atoms with Gasteiger partial charge < -0.3 is 4.90 Å². The summed E-state index contributed by atoms with van der Waals surface area (Å²) in [6.07, 6.45) is 23.8. The van der Waals surface area contributed by atoms with E-state index in [4.69, 9.17) is 0 Å². The number of rotatable bonds is 7. The average molecular weight is 326 g/mol. The Morgan fingerprint density at radius 3 is 2.58 bits per heavy atom. The van der Waals surface area contributed by atoms with Gasteiger partial charge in [0.1, 0.15) is 0 Å². The molecule has 24 heavy (non-hydrogen) atoms. The second-order valence-electron chi connectivity index (χ2n) is 8.46. The maximum Gasteiger partial charge on any atom is -0.00183 e. The number of hydrogen-bond acceptors (Lipinski definition) is 1. The first-order chi connectivity index (χ1) is 11.6. The minimum absolute atomic E-state index is 0.396. The van der Waals surface area contributed by atoms with Crippen molar-refractivity contribution in [3.05, 3.63) is 47.1 Å². The Morgan fingerprint density at radius 2 is 1.92 bits per heavy atom. The van der Waals surface area contributed by atoms with Crippen LogP contribution in [0.15, 0.2) is 47.1 Å². The fourth-order valence-corrected chi connectivity index (χ4v) is 4.19. The second-order valence-corrected chi connectivity index (χ2v) is 8.46. The maximum atomic E-state index is 2.64. The van der Waals surface area contributed by atoms with Crippen LogP contribution in [0.4, 0.5) is 0 Å². The van der Waals surface area contributed by atoms with Gasteiger partial charge in [0.25, 0.3) is 0 Å². The van der Waals surface area contributed by atoms with Gasteiger partial charge in [0.05, 0.1) is 0 Å². The maximum absolute atomic E-state index is 2.64. The second kappa shape index (κ2) is 8.34. The van der Waals surface area contributed by atoms with Gasteiger partial charge in [-0.3, -0.25) is 0 Å².